The van der Waals surface area contributed by atoms with E-state index in [1.54, 1.807) is 0 Å². The van der Waals surface area contributed by atoms with Gasteiger partial charge in [0.15, 0.2) is 9.84 Å². The zero-order valence-electron chi connectivity index (χ0n) is 8.94. The van der Waals surface area contributed by atoms with Crippen LogP contribution >= 0.6 is 0 Å². The van der Waals surface area contributed by atoms with Crippen molar-refractivity contribution in [1.82, 2.24) is 0 Å². The highest BCUT2D eigenvalue weighted by atomic mass is 32.2. The molecule has 1 aliphatic rings. The van der Waals surface area contributed by atoms with Gasteiger partial charge in [-0.3, -0.25) is 0 Å². The molecular formula is C10H20O3S. The van der Waals surface area contributed by atoms with Crippen LogP contribution in [0, 0.1) is 5.92 Å². The van der Waals surface area contributed by atoms with Gasteiger partial charge in [0.25, 0.3) is 0 Å². The van der Waals surface area contributed by atoms with Gasteiger partial charge in [0.1, 0.15) is 0 Å². The molecule has 0 aromatic rings. The van der Waals surface area contributed by atoms with Crippen LogP contribution in [0.4, 0.5) is 0 Å². The number of hydrogen-bond donors (Lipinski definition) is 1. The number of hydrogen-bond acceptors (Lipinski definition) is 3. The third kappa shape index (κ3) is 2.95. The number of rotatable bonds is 3. The maximum absolute atomic E-state index is 11.5. The van der Waals surface area contributed by atoms with Crippen molar-refractivity contribution in [2.24, 2.45) is 5.92 Å². The monoisotopic (exact) mass is 220 g/mol. The summed E-state index contributed by atoms with van der Waals surface area (Å²) in [6.45, 7) is 2.07. The lowest BCUT2D eigenvalue weighted by Gasteiger charge is -2.32. The van der Waals surface area contributed by atoms with Gasteiger partial charge in [-0.2, -0.15) is 0 Å². The second-order valence-corrected chi connectivity index (χ2v) is 6.65. The molecule has 0 heterocycles. The summed E-state index contributed by atoms with van der Waals surface area (Å²) in [6.07, 6.45) is 4.91. The molecule has 0 aromatic carbocycles. The molecule has 0 aliphatic heterocycles. The summed E-state index contributed by atoms with van der Waals surface area (Å²) in [7, 11) is -2.99. The largest absolute Gasteiger partial charge is 0.393 e. The van der Waals surface area contributed by atoms with Crippen molar-refractivity contribution in [3.05, 3.63) is 0 Å². The van der Waals surface area contributed by atoms with E-state index in [1.807, 2.05) is 0 Å². The first-order valence-corrected chi connectivity index (χ1v) is 7.27. The highest BCUT2D eigenvalue weighted by Crippen LogP contribution is 2.32. The number of sulfone groups is 1. The Morgan fingerprint density at radius 1 is 1.36 bits per heavy atom. The molecule has 0 aromatic heterocycles. The van der Waals surface area contributed by atoms with Crippen LogP contribution in [-0.4, -0.2) is 31.1 Å². The quantitative estimate of drug-likeness (QED) is 0.781. The zero-order valence-corrected chi connectivity index (χ0v) is 9.76. The van der Waals surface area contributed by atoms with E-state index in [0.717, 1.165) is 25.7 Å². The maximum atomic E-state index is 11.5. The smallest absolute Gasteiger partial charge is 0.150 e. The molecular weight excluding hydrogens is 200 g/mol. The summed E-state index contributed by atoms with van der Waals surface area (Å²) in [6, 6.07) is 0. The van der Waals surface area contributed by atoms with Crippen LogP contribution < -0.4 is 0 Å². The maximum Gasteiger partial charge on any atom is 0.150 e. The van der Waals surface area contributed by atoms with Crippen molar-refractivity contribution in [2.45, 2.75) is 50.4 Å². The topological polar surface area (TPSA) is 54.4 Å². The Morgan fingerprint density at radius 3 is 2.50 bits per heavy atom. The molecule has 1 aliphatic carbocycles. The lowest BCUT2D eigenvalue weighted by molar-refractivity contribution is 0.108. The normalized spacial score (nSPS) is 34.4. The Kier molecular flexibility index (Phi) is 3.95. The Labute approximate surface area is 86.4 Å². The van der Waals surface area contributed by atoms with Gasteiger partial charge in [0.2, 0.25) is 0 Å². The molecule has 1 N–H and O–H groups in total. The summed E-state index contributed by atoms with van der Waals surface area (Å²) < 4.78 is 23.0. The van der Waals surface area contributed by atoms with Gasteiger partial charge < -0.3 is 5.11 Å². The molecule has 84 valence electrons. The van der Waals surface area contributed by atoms with E-state index < -0.39 is 15.9 Å². The van der Waals surface area contributed by atoms with E-state index >= 15 is 0 Å². The average Bonchev–Trinajstić information content (AvgIpc) is 2.07. The number of aliphatic hydroxyl groups is 1. The van der Waals surface area contributed by atoms with Gasteiger partial charge in [-0.05, 0) is 31.6 Å². The average molecular weight is 220 g/mol. The van der Waals surface area contributed by atoms with Gasteiger partial charge in [-0.15, -0.1) is 0 Å². The first-order valence-electron chi connectivity index (χ1n) is 5.32. The van der Waals surface area contributed by atoms with E-state index in [-0.39, 0.29) is 11.2 Å². The second kappa shape index (κ2) is 4.62. The molecule has 1 fully saturated rings. The predicted octanol–water partition coefficient (Wildman–Crippen LogP) is 1.36. The van der Waals surface area contributed by atoms with Crippen LogP contribution in [0.25, 0.3) is 0 Å². The molecule has 3 atom stereocenters. The van der Waals surface area contributed by atoms with Gasteiger partial charge in [0.05, 0.1) is 11.4 Å². The highest BCUT2D eigenvalue weighted by molar-refractivity contribution is 7.91. The molecule has 1 rings (SSSR count). The van der Waals surface area contributed by atoms with Crippen molar-refractivity contribution in [2.75, 3.05) is 6.26 Å². The summed E-state index contributed by atoms with van der Waals surface area (Å²) in [4.78, 5) is 0. The first-order chi connectivity index (χ1) is 6.45. The van der Waals surface area contributed by atoms with Gasteiger partial charge in [-0.1, -0.05) is 13.3 Å². The van der Waals surface area contributed by atoms with Crippen molar-refractivity contribution in [1.29, 1.82) is 0 Å². The molecule has 4 heteroatoms. The Balaban J connectivity index is 2.74. The molecule has 0 amide bonds. The molecule has 1 saturated carbocycles. The minimum atomic E-state index is -2.99. The minimum absolute atomic E-state index is 0.262. The first kappa shape index (κ1) is 12.0. The van der Waals surface area contributed by atoms with Crippen molar-refractivity contribution < 1.29 is 13.5 Å². The van der Waals surface area contributed by atoms with Crippen LogP contribution in [0.3, 0.4) is 0 Å². The van der Waals surface area contributed by atoms with E-state index in [0.29, 0.717) is 6.42 Å². The molecule has 0 saturated heterocycles. The Bertz CT molecular complexity index is 271. The van der Waals surface area contributed by atoms with Crippen molar-refractivity contribution in [3.8, 4) is 0 Å². The summed E-state index contributed by atoms with van der Waals surface area (Å²) >= 11 is 0. The Hall–Kier alpha value is -0.0900. The lowest BCUT2D eigenvalue weighted by Crippen LogP contribution is -2.37. The highest BCUT2D eigenvalue weighted by Gasteiger charge is 2.35. The number of aliphatic hydroxyl groups excluding tert-OH is 1. The predicted molar refractivity (Wildman–Crippen MR) is 56.9 cm³/mol. The third-order valence-electron chi connectivity index (χ3n) is 3.11. The van der Waals surface area contributed by atoms with E-state index in [1.165, 1.54) is 6.26 Å². The molecule has 0 radical (unpaired) electrons. The van der Waals surface area contributed by atoms with Crippen LogP contribution in [0.15, 0.2) is 0 Å². The molecule has 14 heavy (non-hydrogen) atoms. The van der Waals surface area contributed by atoms with Gasteiger partial charge in [0, 0.05) is 6.26 Å². The zero-order chi connectivity index (χ0) is 10.8. The van der Waals surface area contributed by atoms with Crippen LogP contribution in [-0.2, 0) is 9.84 Å². The molecule has 3 nitrogen and oxygen atoms in total. The fourth-order valence-electron chi connectivity index (χ4n) is 2.40. The molecule has 3 unspecified atom stereocenters. The van der Waals surface area contributed by atoms with E-state index in [2.05, 4.69) is 6.92 Å². The molecule has 0 bridgehead atoms. The van der Waals surface area contributed by atoms with Crippen LogP contribution in [0.2, 0.25) is 0 Å². The summed E-state index contributed by atoms with van der Waals surface area (Å²) in [5, 5.41) is 9.15. The van der Waals surface area contributed by atoms with Crippen molar-refractivity contribution in [3.63, 3.8) is 0 Å². The second-order valence-electron chi connectivity index (χ2n) is 4.38. The van der Waals surface area contributed by atoms with Crippen LogP contribution in [0.5, 0.6) is 0 Å². The van der Waals surface area contributed by atoms with E-state index in [4.69, 9.17) is 0 Å². The lowest BCUT2D eigenvalue weighted by atomic mass is 9.84. The third-order valence-corrected chi connectivity index (χ3v) is 4.79. The molecule has 0 spiro atoms. The summed E-state index contributed by atoms with van der Waals surface area (Å²) in [5.41, 5.74) is 0. The fourth-order valence-corrected chi connectivity index (χ4v) is 3.94. The van der Waals surface area contributed by atoms with Crippen LogP contribution in [0.1, 0.15) is 39.0 Å². The van der Waals surface area contributed by atoms with Gasteiger partial charge in [-0.25, -0.2) is 8.42 Å². The van der Waals surface area contributed by atoms with Crippen molar-refractivity contribution >= 4 is 9.84 Å². The SMILES string of the molecule is CCCC1CCC(O)CC1S(C)(=O)=O. The minimum Gasteiger partial charge on any atom is -0.393 e. The Morgan fingerprint density at radius 2 is 2.00 bits per heavy atom. The van der Waals surface area contributed by atoms with Gasteiger partial charge >= 0.3 is 0 Å². The summed E-state index contributed by atoms with van der Waals surface area (Å²) in [5.74, 6) is 0.262. The standard InChI is InChI=1S/C10H20O3S/c1-3-4-8-5-6-9(11)7-10(8)14(2,12)13/h8-11H,3-7H2,1-2H3. The fraction of sp³-hybridized carbons (Fsp3) is 1.00. The van der Waals surface area contributed by atoms with E-state index in [9.17, 15) is 13.5 Å².